The lowest BCUT2D eigenvalue weighted by molar-refractivity contribution is -0.144. The van der Waals surface area contributed by atoms with E-state index >= 15 is 0 Å². The number of carbonyl (C=O) groups excluding carboxylic acids is 2. The smallest absolute Gasteiger partial charge is 0.344 e. The normalized spacial score (nSPS) is 10.3. The summed E-state index contributed by atoms with van der Waals surface area (Å²) in [6.45, 7) is 1.41. The van der Waals surface area contributed by atoms with E-state index in [0.717, 1.165) is 6.42 Å². The van der Waals surface area contributed by atoms with E-state index in [1.54, 1.807) is 12.1 Å². The van der Waals surface area contributed by atoms with Crippen molar-refractivity contribution in [2.75, 3.05) is 13.2 Å². The molecule has 2 aromatic rings. The molecule has 0 aliphatic carbocycles. The van der Waals surface area contributed by atoms with Gasteiger partial charge in [-0.2, -0.15) is 0 Å². The lowest BCUT2D eigenvalue weighted by Crippen LogP contribution is -2.19. The van der Waals surface area contributed by atoms with Crippen molar-refractivity contribution in [2.24, 2.45) is 0 Å². The first-order chi connectivity index (χ1) is 11.5. The largest absolute Gasteiger partial charge is 0.482 e. The minimum atomic E-state index is -0.622. The molecule has 4 nitrogen and oxygen atoms in total. The van der Waals surface area contributed by atoms with Crippen molar-refractivity contribution >= 4 is 35.0 Å². The molecular formula is C18H16Cl2O4. The Labute approximate surface area is 150 Å². The fourth-order valence-corrected chi connectivity index (χ4v) is 2.20. The van der Waals surface area contributed by atoms with Crippen LogP contribution < -0.4 is 4.74 Å². The van der Waals surface area contributed by atoms with Crippen LogP contribution in [0.25, 0.3) is 0 Å². The number of benzene rings is 2. The molecule has 0 heterocycles. The van der Waals surface area contributed by atoms with Crippen molar-refractivity contribution in [3.05, 3.63) is 63.6 Å². The second-order valence-electron chi connectivity index (χ2n) is 5.00. The van der Waals surface area contributed by atoms with Crippen LogP contribution in [0.4, 0.5) is 0 Å². The lowest BCUT2D eigenvalue weighted by atomic mass is 10.1. The molecule has 2 aromatic carbocycles. The Balaban J connectivity index is 1.79. The molecule has 0 radical (unpaired) electrons. The molecule has 6 heteroatoms. The average Bonchev–Trinajstić information content (AvgIpc) is 2.60. The van der Waals surface area contributed by atoms with Crippen LogP contribution in [0.3, 0.4) is 0 Å². The Kier molecular flexibility index (Phi) is 6.64. The summed E-state index contributed by atoms with van der Waals surface area (Å²) < 4.78 is 10.2. The molecule has 0 spiro atoms. The number of ketones is 1. The standard InChI is InChI=1S/C18H16Cl2O4/c1-2-12-3-6-14(7-4-12)23-11-18(22)24-10-17(21)13-5-8-15(19)16(20)9-13/h3-9H,2,10-11H2,1H3. The number of rotatable bonds is 7. The van der Waals surface area contributed by atoms with E-state index in [1.165, 1.54) is 23.8 Å². The van der Waals surface area contributed by atoms with Gasteiger partial charge in [-0.25, -0.2) is 4.79 Å². The van der Waals surface area contributed by atoms with Crippen LogP contribution >= 0.6 is 23.2 Å². The monoisotopic (exact) mass is 366 g/mol. The number of aryl methyl sites for hydroxylation is 1. The fraction of sp³-hybridized carbons (Fsp3) is 0.222. The molecule has 0 aliphatic rings. The van der Waals surface area contributed by atoms with Gasteiger partial charge in [-0.3, -0.25) is 4.79 Å². The molecule has 0 fully saturated rings. The SMILES string of the molecule is CCc1ccc(OCC(=O)OCC(=O)c2ccc(Cl)c(Cl)c2)cc1. The molecule has 0 aliphatic heterocycles. The van der Waals surface area contributed by atoms with E-state index in [-0.39, 0.29) is 24.0 Å². The highest BCUT2D eigenvalue weighted by Gasteiger charge is 2.12. The topological polar surface area (TPSA) is 52.6 Å². The Hall–Kier alpha value is -2.04. The highest BCUT2D eigenvalue weighted by atomic mass is 35.5. The van der Waals surface area contributed by atoms with Crippen molar-refractivity contribution in [2.45, 2.75) is 13.3 Å². The third kappa shape index (κ3) is 5.25. The van der Waals surface area contributed by atoms with Gasteiger partial charge >= 0.3 is 5.97 Å². The summed E-state index contributed by atoms with van der Waals surface area (Å²) >= 11 is 11.6. The van der Waals surface area contributed by atoms with E-state index in [2.05, 4.69) is 6.92 Å². The summed E-state index contributed by atoms with van der Waals surface area (Å²) in [5.74, 6) is -0.419. The van der Waals surface area contributed by atoms with E-state index in [1.807, 2.05) is 12.1 Å². The van der Waals surface area contributed by atoms with Crippen LogP contribution in [0.5, 0.6) is 5.75 Å². The van der Waals surface area contributed by atoms with E-state index in [9.17, 15) is 9.59 Å². The zero-order chi connectivity index (χ0) is 17.5. The molecule has 0 N–H and O–H groups in total. The minimum absolute atomic E-state index is 0.264. The maximum atomic E-state index is 11.9. The Bertz CT molecular complexity index is 726. The third-order valence-corrected chi connectivity index (χ3v) is 4.03. The van der Waals surface area contributed by atoms with Gasteiger partial charge in [0.15, 0.2) is 19.0 Å². The van der Waals surface area contributed by atoms with Gasteiger partial charge in [-0.05, 0) is 42.3 Å². The van der Waals surface area contributed by atoms with Crippen molar-refractivity contribution in [3.8, 4) is 5.75 Å². The zero-order valence-electron chi connectivity index (χ0n) is 13.1. The predicted molar refractivity (Wildman–Crippen MR) is 93.1 cm³/mol. The first-order valence-electron chi connectivity index (χ1n) is 7.35. The van der Waals surface area contributed by atoms with Gasteiger partial charge in [0.25, 0.3) is 0 Å². The van der Waals surface area contributed by atoms with Crippen molar-refractivity contribution < 1.29 is 19.1 Å². The quantitative estimate of drug-likeness (QED) is 0.539. The van der Waals surface area contributed by atoms with E-state index in [0.29, 0.717) is 16.3 Å². The number of ether oxygens (including phenoxy) is 2. The Morgan fingerprint density at radius 2 is 1.67 bits per heavy atom. The molecule has 0 unspecified atom stereocenters. The van der Waals surface area contributed by atoms with Gasteiger partial charge in [0, 0.05) is 5.56 Å². The Morgan fingerprint density at radius 1 is 0.958 bits per heavy atom. The van der Waals surface area contributed by atoms with Crippen LogP contribution in [0, 0.1) is 0 Å². The van der Waals surface area contributed by atoms with Gasteiger partial charge in [0.05, 0.1) is 10.0 Å². The highest BCUT2D eigenvalue weighted by Crippen LogP contribution is 2.22. The first kappa shape index (κ1) is 18.3. The van der Waals surface area contributed by atoms with Crippen molar-refractivity contribution in [3.63, 3.8) is 0 Å². The molecule has 0 saturated carbocycles. The van der Waals surface area contributed by atoms with E-state index in [4.69, 9.17) is 32.7 Å². The molecule has 0 bridgehead atoms. The molecule has 0 aromatic heterocycles. The summed E-state index contributed by atoms with van der Waals surface area (Å²) in [6, 6.07) is 11.9. The van der Waals surface area contributed by atoms with Gasteiger partial charge in [0.2, 0.25) is 0 Å². The van der Waals surface area contributed by atoms with Crippen molar-refractivity contribution in [1.82, 2.24) is 0 Å². The summed E-state index contributed by atoms with van der Waals surface area (Å²) in [5, 5.41) is 0.625. The maximum Gasteiger partial charge on any atom is 0.344 e. The molecule has 24 heavy (non-hydrogen) atoms. The maximum absolute atomic E-state index is 11.9. The highest BCUT2D eigenvalue weighted by molar-refractivity contribution is 6.42. The number of halogens is 2. The molecule has 0 saturated heterocycles. The second-order valence-corrected chi connectivity index (χ2v) is 5.81. The number of hydrogen-bond donors (Lipinski definition) is 0. The molecular weight excluding hydrogens is 351 g/mol. The van der Waals surface area contributed by atoms with Crippen LogP contribution in [0.15, 0.2) is 42.5 Å². The molecule has 2 rings (SSSR count). The number of esters is 1. The molecule has 0 amide bonds. The average molecular weight is 367 g/mol. The number of hydrogen-bond acceptors (Lipinski definition) is 4. The molecule has 126 valence electrons. The first-order valence-corrected chi connectivity index (χ1v) is 8.10. The predicted octanol–water partition coefficient (Wildman–Crippen LogP) is 4.36. The van der Waals surface area contributed by atoms with Crippen LogP contribution in [-0.2, 0) is 16.0 Å². The van der Waals surface area contributed by atoms with Gasteiger partial charge in [-0.15, -0.1) is 0 Å². The second kappa shape index (κ2) is 8.71. The molecule has 0 atom stereocenters. The minimum Gasteiger partial charge on any atom is -0.482 e. The lowest BCUT2D eigenvalue weighted by Gasteiger charge is -2.07. The fourth-order valence-electron chi connectivity index (χ4n) is 1.90. The summed E-state index contributed by atoms with van der Waals surface area (Å²) in [4.78, 5) is 23.6. The summed E-state index contributed by atoms with van der Waals surface area (Å²) in [6.07, 6.45) is 0.930. The van der Waals surface area contributed by atoms with Crippen LogP contribution in [0.1, 0.15) is 22.8 Å². The van der Waals surface area contributed by atoms with Crippen LogP contribution in [0.2, 0.25) is 10.0 Å². The van der Waals surface area contributed by atoms with Gasteiger partial charge < -0.3 is 9.47 Å². The Morgan fingerprint density at radius 3 is 2.29 bits per heavy atom. The summed E-state index contributed by atoms with van der Waals surface area (Å²) in [5.41, 5.74) is 1.51. The van der Waals surface area contributed by atoms with E-state index < -0.39 is 5.97 Å². The van der Waals surface area contributed by atoms with Gasteiger partial charge in [0.1, 0.15) is 5.75 Å². The number of Topliss-reactive ketones (excluding diaryl/α,β-unsaturated/α-hetero) is 1. The zero-order valence-corrected chi connectivity index (χ0v) is 14.6. The van der Waals surface area contributed by atoms with Crippen LogP contribution in [-0.4, -0.2) is 25.0 Å². The summed E-state index contributed by atoms with van der Waals surface area (Å²) in [7, 11) is 0. The third-order valence-electron chi connectivity index (χ3n) is 3.29. The van der Waals surface area contributed by atoms with Gasteiger partial charge in [-0.1, -0.05) is 42.3 Å². The van der Waals surface area contributed by atoms with Crippen molar-refractivity contribution in [1.29, 1.82) is 0 Å². The number of carbonyl (C=O) groups is 2.